The van der Waals surface area contributed by atoms with Gasteiger partial charge in [0.05, 0.1) is 16.6 Å². The van der Waals surface area contributed by atoms with Crippen LogP contribution in [-0.4, -0.2) is 30.9 Å². The highest BCUT2D eigenvalue weighted by molar-refractivity contribution is 9.10. The topological polar surface area (TPSA) is 65.0 Å². The Bertz CT molecular complexity index is 658. The summed E-state index contributed by atoms with van der Waals surface area (Å²) >= 11 is 3.32. The molecule has 0 unspecified atom stereocenters. The maximum Gasteiger partial charge on any atom is 0.335 e. The number of carboxylic acid groups (broad SMARTS) is 1. The molecule has 0 heterocycles. The second-order valence-corrected chi connectivity index (χ2v) is 5.39. The maximum absolute atomic E-state index is 11.1. The third-order valence-electron chi connectivity index (χ3n) is 2.90. The fraction of sp³-hybridized carbons (Fsp3) is 0.235. The van der Waals surface area contributed by atoms with E-state index in [0.29, 0.717) is 35.8 Å². The zero-order chi connectivity index (χ0) is 16.7. The van der Waals surface area contributed by atoms with Crippen molar-refractivity contribution in [3.05, 3.63) is 52.5 Å². The molecule has 1 N–H and O–H groups in total. The number of para-hydroxylation sites is 1. The number of ether oxygens (including phenoxy) is 3. The van der Waals surface area contributed by atoms with Gasteiger partial charge >= 0.3 is 5.97 Å². The summed E-state index contributed by atoms with van der Waals surface area (Å²) in [5, 5.41) is 9.10. The van der Waals surface area contributed by atoms with Gasteiger partial charge in [0.1, 0.15) is 19.0 Å². The van der Waals surface area contributed by atoms with Crippen LogP contribution in [0.5, 0.6) is 17.2 Å². The lowest BCUT2D eigenvalue weighted by Gasteiger charge is -2.15. The molecule has 0 spiro atoms. The molecule has 5 nitrogen and oxygen atoms in total. The van der Waals surface area contributed by atoms with Gasteiger partial charge in [-0.2, -0.15) is 0 Å². The summed E-state index contributed by atoms with van der Waals surface area (Å²) in [5.74, 6) is 0.597. The number of benzene rings is 2. The molecule has 0 saturated carbocycles. The quantitative estimate of drug-likeness (QED) is 0.701. The van der Waals surface area contributed by atoms with Gasteiger partial charge in [-0.25, -0.2) is 4.79 Å². The maximum atomic E-state index is 11.1. The van der Waals surface area contributed by atoms with Crippen LogP contribution in [0.1, 0.15) is 17.3 Å². The van der Waals surface area contributed by atoms with Crippen molar-refractivity contribution < 1.29 is 24.1 Å². The standard InChI is InChI=1S/C17H17BrO5/c1-2-21-15-11-12(17(19)20)10-14(18)16(15)23-9-8-22-13-6-4-3-5-7-13/h3-7,10-11H,2,8-9H2,1H3,(H,19,20). The van der Waals surface area contributed by atoms with Crippen LogP contribution in [0.25, 0.3) is 0 Å². The Morgan fingerprint density at radius 1 is 1.09 bits per heavy atom. The molecular weight excluding hydrogens is 364 g/mol. The second-order valence-electron chi connectivity index (χ2n) is 4.53. The molecular formula is C17H17BrO5. The van der Waals surface area contributed by atoms with E-state index in [1.807, 2.05) is 37.3 Å². The van der Waals surface area contributed by atoms with Crippen LogP contribution in [0.3, 0.4) is 0 Å². The lowest BCUT2D eigenvalue weighted by molar-refractivity contribution is 0.0696. The molecule has 0 aliphatic heterocycles. The highest BCUT2D eigenvalue weighted by Crippen LogP contribution is 2.37. The molecule has 23 heavy (non-hydrogen) atoms. The minimum Gasteiger partial charge on any atom is -0.490 e. The summed E-state index contributed by atoms with van der Waals surface area (Å²) in [6, 6.07) is 12.4. The molecule has 0 aliphatic carbocycles. The van der Waals surface area contributed by atoms with Gasteiger partial charge in [-0.1, -0.05) is 18.2 Å². The molecule has 0 radical (unpaired) electrons. The fourth-order valence-electron chi connectivity index (χ4n) is 1.91. The first-order valence-corrected chi connectivity index (χ1v) is 7.91. The minimum absolute atomic E-state index is 0.133. The summed E-state index contributed by atoms with van der Waals surface area (Å²) in [6.45, 7) is 2.90. The second kappa shape index (κ2) is 8.43. The van der Waals surface area contributed by atoms with Gasteiger partial charge < -0.3 is 19.3 Å². The molecule has 0 aliphatic rings. The number of carbonyl (C=O) groups is 1. The molecule has 0 bridgehead atoms. The predicted molar refractivity (Wildman–Crippen MR) is 89.7 cm³/mol. The van der Waals surface area contributed by atoms with E-state index in [-0.39, 0.29) is 5.56 Å². The molecule has 0 saturated heterocycles. The van der Waals surface area contributed by atoms with Crippen LogP contribution in [0, 0.1) is 0 Å². The lowest BCUT2D eigenvalue weighted by atomic mass is 10.2. The summed E-state index contributed by atoms with van der Waals surface area (Å²) in [6.07, 6.45) is 0. The number of rotatable bonds is 8. The third-order valence-corrected chi connectivity index (χ3v) is 3.49. The minimum atomic E-state index is -1.02. The van der Waals surface area contributed by atoms with Gasteiger partial charge in [0.25, 0.3) is 0 Å². The van der Waals surface area contributed by atoms with E-state index < -0.39 is 5.97 Å². The third kappa shape index (κ3) is 4.89. The highest BCUT2D eigenvalue weighted by atomic mass is 79.9. The number of halogens is 1. The van der Waals surface area contributed by atoms with E-state index in [1.54, 1.807) is 0 Å². The summed E-state index contributed by atoms with van der Waals surface area (Å²) in [5.41, 5.74) is 0.133. The van der Waals surface area contributed by atoms with E-state index >= 15 is 0 Å². The summed E-state index contributed by atoms with van der Waals surface area (Å²) < 4.78 is 17.2. The van der Waals surface area contributed by atoms with Crippen molar-refractivity contribution in [2.75, 3.05) is 19.8 Å². The number of hydrogen-bond acceptors (Lipinski definition) is 4. The van der Waals surface area contributed by atoms with Crippen molar-refractivity contribution in [1.29, 1.82) is 0 Å². The average Bonchev–Trinajstić information content (AvgIpc) is 2.54. The molecule has 2 rings (SSSR count). The SMILES string of the molecule is CCOc1cc(C(=O)O)cc(Br)c1OCCOc1ccccc1. The van der Waals surface area contributed by atoms with E-state index in [0.717, 1.165) is 5.75 Å². The first kappa shape index (κ1) is 17.1. The largest absolute Gasteiger partial charge is 0.490 e. The van der Waals surface area contributed by atoms with Crippen LogP contribution >= 0.6 is 15.9 Å². The first-order chi connectivity index (χ1) is 11.1. The zero-order valence-corrected chi connectivity index (χ0v) is 14.2. The van der Waals surface area contributed by atoms with Gasteiger partial charge in [0.2, 0.25) is 0 Å². The Morgan fingerprint density at radius 2 is 1.78 bits per heavy atom. The molecule has 0 atom stereocenters. The van der Waals surface area contributed by atoms with Gasteiger partial charge in [0.15, 0.2) is 11.5 Å². The first-order valence-electron chi connectivity index (χ1n) is 7.12. The lowest BCUT2D eigenvalue weighted by Crippen LogP contribution is -2.10. The van der Waals surface area contributed by atoms with Crippen molar-refractivity contribution in [1.82, 2.24) is 0 Å². The van der Waals surface area contributed by atoms with Gasteiger partial charge in [-0.3, -0.25) is 0 Å². The Morgan fingerprint density at radius 3 is 2.43 bits per heavy atom. The Kier molecular flexibility index (Phi) is 6.29. The molecule has 0 fully saturated rings. The molecule has 6 heteroatoms. The monoisotopic (exact) mass is 380 g/mol. The molecule has 122 valence electrons. The van der Waals surface area contributed by atoms with Crippen LogP contribution in [0.2, 0.25) is 0 Å². The zero-order valence-electron chi connectivity index (χ0n) is 12.6. The predicted octanol–water partition coefficient (Wildman–Crippen LogP) is 4.00. The fourth-order valence-corrected chi connectivity index (χ4v) is 2.47. The average molecular weight is 381 g/mol. The summed E-state index contributed by atoms with van der Waals surface area (Å²) in [7, 11) is 0. The molecule has 2 aromatic rings. The van der Waals surface area contributed by atoms with E-state index in [2.05, 4.69) is 15.9 Å². The Labute approximate surface area is 142 Å². The summed E-state index contributed by atoms with van der Waals surface area (Å²) in [4.78, 5) is 11.1. The number of aromatic carboxylic acids is 1. The van der Waals surface area contributed by atoms with E-state index in [9.17, 15) is 4.79 Å². The van der Waals surface area contributed by atoms with Crippen LogP contribution < -0.4 is 14.2 Å². The van der Waals surface area contributed by atoms with Crippen molar-refractivity contribution in [3.63, 3.8) is 0 Å². The Hall–Kier alpha value is -2.21. The van der Waals surface area contributed by atoms with Gasteiger partial charge in [-0.05, 0) is 47.1 Å². The molecule has 0 aromatic heterocycles. The van der Waals surface area contributed by atoms with Crippen molar-refractivity contribution in [2.45, 2.75) is 6.92 Å². The van der Waals surface area contributed by atoms with Gasteiger partial charge in [-0.15, -0.1) is 0 Å². The van der Waals surface area contributed by atoms with Crippen molar-refractivity contribution in [3.8, 4) is 17.2 Å². The number of hydrogen-bond donors (Lipinski definition) is 1. The smallest absolute Gasteiger partial charge is 0.335 e. The van der Waals surface area contributed by atoms with Gasteiger partial charge in [0, 0.05) is 0 Å². The van der Waals surface area contributed by atoms with Crippen LogP contribution in [0.15, 0.2) is 46.9 Å². The van der Waals surface area contributed by atoms with Crippen molar-refractivity contribution in [2.24, 2.45) is 0 Å². The molecule has 0 amide bonds. The highest BCUT2D eigenvalue weighted by Gasteiger charge is 2.15. The molecule has 2 aromatic carbocycles. The van der Waals surface area contributed by atoms with E-state index in [4.69, 9.17) is 19.3 Å². The normalized spacial score (nSPS) is 10.2. The Balaban J connectivity index is 2.02. The van der Waals surface area contributed by atoms with Crippen LogP contribution in [-0.2, 0) is 0 Å². The van der Waals surface area contributed by atoms with E-state index in [1.165, 1.54) is 12.1 Å². The van der Waals surface area contributed by atoms with Crippen molar-refractivity contribution >= 4 is 21.9 Å². The number of carboxylic acids is 1. The van der Waals surface area contributed by atoms with Crippen LogP contribution in [0.4, 0.5) is 0 Å².